The van der Waals surface area contributed by atoms with Gasteiger partial charge in [-0.1, -0.05) is 61.5 Å². The number of nitrogens with zero attached hydrogens (tertiary/aromatic N) is 1. The number of Topliss-reactive ketones (excluding diaryl/α,β-unsaturated/α-hetero) is 1. The molecule has 0 saturated carbocycles. The molecule has 1 aliphatic heterocycles. The van der Waals surface area contributed by atoms with Crippen molar-refractivity contribution < 1.29 is 14.3 Å². The van der Waals surface area contributed by atoms with E-state index in [0.29, 0.717) is 19.4 Å². The van der Waals surface area contributed by atoms with Crippen LogP contribution in [-0.2, 0) is 26.6 Å². The van der Waals surface area contributed by atoms with Gasteiger partial charge < -0.3 is 9.53 Å². The van der Waals surface area contributed by atoms with Crippen molar-refractivity contribution in [3.63, 3.8) is 0 Å². The topological polar surface area (TPSA) is 46.6 Å². The first-order valence-corrected chi connectivity index (χ1v) is 8.70. The number of carbonyl (C=O) groups excluding carboxylic acids is 2. The van der Waals surface area contributed by atoms with E-state index < -0.39 is 5.72 Å². The van der Waals surface area contributed by atoms with Crippen LogP contribution >= 0.6 is 0 Å². The van der Waals surface area contributed by atoms with Gasteiger partial charge in [-0.15, -0.1) is 0 Å². The fraction of sp³-hybridized carbons (Fsp3) is 0.333. The lowest BCUT2D eigenvalue weighted by molar-refractivity contribution is -0.143. The molecule has 0 amide bonds. The van der Waals surface area contributed by atoms with Crippen LogP contribution in [0.1, 0.15) is 36.5 Å². The van der Waals surface area contributed by atoms with Gasteiger partial charge >= 0.3 is 0 Å². The van der Waals surface area contributed by atoms with E-state index in [9.17, 15) is 9.59 Å². The number of benzene rings is 2. The van der Waals surface area contributed by atoms with Crippen molar-refractivity contribution in [2.45, 2.75) is 32.0 Å². The molecule has 130 valence electrons. The molecule has 1 atom stereocenters. The number of ketones is 1. The molecule has 0 spiro atoms. The van der Waals surface area contributed by atoms with Crippen LogP contribution in [0.5, 0.6) is 0 Å². The number of hydrogen-bond acceptors (Lipinski definition) is 4. The van der Waals surface area contributed by atoms with Crippen LogP contribution in [0.2, 0.25) is 0 Å². The second-order valence-corrected chi connectivity index (χ2v) is 6.28. The molecule has 2 aromatic rings. The molecule has 1 heterocycles. The SMILES string of the molecule is CCCOC1(c2ccccc2)c2ccccc2CN1CC(=O)CC=O. The summed E-state index contributed by atoms with van der Waals surface area (Å²) in [6, 6.07) is 18.2. The van der Waals surface area contributed by atoms with E-state index in [1.54, 1.807) is 0 Å². The molecule has 0 aromatic heterocycles. The molecule has 1 aliphatic rings. The molecule has 0 fully saturated rings. The number of carbonyl (C=O) groups is 2. The van der Waals surface area contributed by atoms with E-state index in [-0.39, 0.29) is 18.7 Å². The molecule has 1 unspecified atom stereocenters. The number of fused-ring (bicyclic) bond motifs is 1. The van der Waals surface area contributed by atoms with E-state index in [1.807, 2.05) is 42.5 Å². The molecule has 3 rings (SSSR count). The van der Waals surface area contributed by atoms with Crippen LogP contribution in [0, 0.1) is 0 Å². The Morgan fingerprint density at radius 1 is 1.16 bits per heavy atom. The van der Waals surface area contributed by atoms with Crippen molar-refractivity contribution >= 4 is 12.1 Å². The van der Waals surface area contributed by atoms with Crippen molar-refractivity contribution in [1.82, 2.24) is 4.90 Å². The minimum atomic E-state index is -0.785. The molecular weight excluding hydrogens is 314 g/mol. The Hall–Kier alpha value is -2.30. The standard InChI is InChI=1S/C21H23NO3/c1-2-14-25-21(18-9-4-3-5-10-18)20-11-7-6-8-17(20)15-22(21)16-19(24)12-13-23/h3-11,13H,2,12,14-16H2,1H3. The number of ether oxygens (including phenoxy) is 1. The van der Waals surface area contributed by atoms with Crippen LogP contribution in [0.25, 0.3) is 0 Å². The summed E-state index contributed by atoms with van der Waals surface area (Å²) >= 11 is 0. The molecule has 0 radical (unpaired) electrons. The van der Waals surface area contributed by atoms with Gasteiger partial charge in [0, 0.05) is 24.3 Å². The average molecular weight is 337 g/mol. The van der Waals surface area contributed by atoms with Crippen molar-refractivity contribution in [3.8, 4) is 0 Å². The normalized spacial score (nSPS) is 19.6. The maximum Gasteiger partial charge on any atom is 0.174 e. The van der Waals surface area contributed by atoms with E-state index in [0.717, 1.165) is 23.1 Å². The number of aldehydes is 1. The third kappa shape index (κ3) is 3.28. The Kier molecular flexibility index (Phi) is 5.41. The van der Waals surface area contributed by atoms with E-state index >= 15 is 0 Å². The highest BCUT2D eigenvalue weighted by Gasteiger charge is 2.48. The second-order valence-electron chi connectivity index (χ2n) is 6.28. The highest BCUT2D eigenvalue weighted by atomic mass is 16.5. The van der Waals surface area contributed by atoms with Gasteiger partial charge in [-0.2, -0.15) is 0 Å². The highest BCUT2D eigenvalue weighted by Crippen LogP contribution is 2.45. The fourth-order valence-corrected chi connectivity index (χ4v) is 3.52. The lowest BCUT2D eigenvalue weighted by Gasteiger charge is -2.39. The van der Waals surface area contributed by atoms with E-state index in [2.05, 4.69) is 24.0 Å². The van der Waals surface area contributed by atoms with Crippen LogP contribution in [0.3, 0.4) is 0 Å². The molecule has 0 aliphatic carbocycles. The minimum absolute atomic E-state index is 0.0640. The fourth-order valence-electron chi connectivity index (χ4n) is 3.52. The summed E-state index contributed by atoms with van der Waals surface area (Å²) in [7, 11) is 0. The molecule has 4 nitrogen and oxygen atoms in total. The van der Waals surface area contributed by atoms with Crippen LogP contribution in [0.15, 0.2) is 54.6 Å². The first-order chi connectivity index (χ1) is 12.2. The van der Waals surface area contributed by atoms with Crippen LogP contribution in [-0.4, -0.2) is 30.1 Å². The zero-order valence-corrected chi connectivity index (χ0v) is 14.5. The van der Waals surface area contributed by atoms with Crippen LogP contribution < -0.4 is 0 Å². The average Bonchev–Trinajstić information content (AvgIpc) is 2.95. The van der Waals surface area contributed by atoms with Gasteiger partial charge in [-0.05, 0) is 12.0 Å². The molecule has 25 heavy (non-hydrogen) atoms. The summed E-state index contributed by atoms with van der Waals surface area (Å²) in [6.45, 7) is 3.47. The Balaban J connectivity index is 2.10. The Morgan fingerprint density at radius 3 is 2.60 bits per heavy atom. The van der Waals surface area contributed by atoms with Gasteiger partial charge in [0.25, 0.3) is 0 Å². The molecular formula is C21H23NO3. The quantitative estimate of drug-likeness (QED) is 0.548. The van der Waals surface area contributed by atoms with Crippen molar-refractivity contribution in [3.05, 3.63) is 71.3 Å². The Morgan fingerprint density at radius 2 is 1.88 bits per heavy atom. The van der Waals surface area contributed by atoms with Gasteiger partial charge in [-0.3, -0.25) is 9.69 Å². The third-order valence-corrected chi connectivity index (χ3v) is 4.55. The highest BCUT2D eigenvalue weighted by molar-refractivity contribution is 5.91. The van der Waals surface area contributed by atoms with E-state index in [4.69, 9.17) is 4.74 Å². The molecule has 0 saturated heterocycles. The zero-order chi connectivity index (χ0) is 17.7. The monoisotopic (exact) mass is 337 g/mol. The van der Waals surface area contributed by atoms with Crippen molar-refractivity contribution in [1.29, 1.82) is 0 Å². The maximum atomic E-state index is 12.2. The Bertz CT molecular complexity index is 744. The molecule has 0 bridgehead atoms. The summed E-state index contributed by atoms with van der Waals surface area (Å²) in [4.78, 5) is 25.0. The Labute approximate surface area is 148 Å². The molecule has 0 N–H and O–H groups in total. The maximum absolute atomic E-state index is 12.2. The van der Waals surface area contributed by atoms with Gasteiger partial charge in [-0.25, -0.2) is 0 Å². The molecule has 2 aromatic carbocycles. The predicted molar refractivity (Wildman–Crippen MR) is 96.0 cm³/mol. The largest absolute Gasteiger partial charge is 0.352 e. The van der Waals surface area contributed by atoms with Gasteiger partial charge in [0.15, 0.2) is 11.5 Å². The first kappa shape index (κ1) is 17.5. The third-order valence-electron chi connectivity index (χ3n) is 4.55. The summed E-state index contributed by atoms with van der Waals surface area (Å²) in [5.74, 6) is -0.0942. The molecule has 4 heteroatoms. The van der Waals surface area contributed by atoms with Gasteiger partial charge in [0.1, 0.15) is 6.29 Å². The summed E-state index contributed by atoms with van der Waals surface area (Å²) < 4.78 is 6.43. The zero-order valence-electron chi connectivity index (χ0n) is 14.5. The second kappa shape index (κ2) is 7.72. The van der Waals surface area contributed by atoms with Crippen molar-refractivity contribution in [2.24, 2.45) is 0 Å². The van der Waals surface area contributed by atoms with E-state index in [1.165, 1.54) is 0 Å². The number of hydrogen-bond donors (Lipinski definition) is 0. The lowest BCUT2D eigenvalue weighted by atomic mass is 9.93. The predicted octanol–water partition coefficient (Wildman–Crippen LogP) is 3.29. The van der Waals surface area contributed by atoms with Gasteiger partial charge in [0.05, 0.1) is 13.0 Å². The van der Waals surface area contributed by atoms with Gasteiger partial charge in [0.2, 0.25) is 0 Å². The smallest absolute Gasteiger partial charge is 0.174 e. The number of rotatable bonds is 8. The summed E-state index contributed by atoms with van der Waals surface area (Å²) in [5, 5.41) is 0. The lowest BCUT2D eigenvalue weighted by Crippen LogP contribution is -2.47. The van der Waals surface area contributed by atoms with Crippen molar-refractivity contribution in [2.75, 3.05) is 13.2 Å². The van der Waals surface area contributed by atoms with Crippen LogP contribution in [0.4, 0.5) is 0 Å². The summed E-state index contributed by atoms with van der Waals surface area (Å²) in [6.07, 6.45) is 1.49. The minimum Gasteiger partial charge on any atom is -0.352 e. The first-order valence-electron chi connectivity index (χ1n) is 8.70. The summed E-state index contributed by atoms with van der Waals surface area (Å²) in [5.41, 5.74) is 2.45.